The first-order chi connectivity index (χ1) is 11.2. The number of Topliss-reactive ketones (excluding diaryl/α,β-unsaturated/α-hetero) is 2. The average molecular weight is 334 g/mol. The molecule has 0 amide bonds. The van der Waals surface area contributed by atoms with Gasteiger partial charge < -0.3 is 19.4 Å². The maximum Gasteiger partial charge on any atom is 0.136 e. The van der Waals surface area contributed by atoms with Crippen molar-refractivity contribution >= 4 is 11.6 Å². The van der Waals surface area contributed by atoms with Crippen LogP contribution in [0.3, 0.4) is 0 Å². The number of carbonyl (C=O) groups is 2. The van der Waals surface area contributed by atoms with Gasteiger partial charge in [-0.05, 0) is 33.6 Å². The van der Waals surface area contributed by atoms with E-state index in [0.29, 0.717) is 13.0 Å². The molecule has 2 bridgehead atoms. The first-order valence-corrected chi connectivity index (χ1v) is 8.84. The molecule has 1 saturated carbocycles. The Hall–Kier alpha value is -1.04. The summed E-state index contributed by atoms with van der Waals surface area (Å²) in [4.78, 5) is 24.7. The van der Waals surface area contributed by atoms with E-state index in [2.05, 4.69) is 19.9 Å². The summed E-state index contributed by atoms with van der Waals surface area (Å²) in [5.41, 5.74) is -0.488. The predicted molar refractivity (Wildman–Crippen MR) is 86.4 cm³/mol. The zero-order valence-electron chi connectivity index (χ0n) is 14.8. The molecule has 1 N–H and O–H groups in total. The number of ether oxygens (including phenoxy) is 2. The third-order valence-electron chi connectivity index (χ3n) is 7.34. The van der Waals surface area contributed by atoms with Crippen LogP contribution in [0.15, 0.2) is 11.6 Å². The SMILES string of the molecule is CC(=O)C[C@]12CCC(C)=C[C@H]1O[C@@H]1[C@H](O)C(C(C)=O)[C@@]2(C)[C@]12CO2. The molecular weight excluding hydrogens is 308 g/mol. The van der Waals surface area contributed by atoms with E-state index in [0.717, 1.165) is 12.8 Å². The highest BCUT2D eigenvalue weighted by atomic mass is 16.6. The third kappa shape index (κ3) is 1.66. The summed E-state index contributed by atoms with van der Waals surface area (Å²) in [6.07, 6.45) is 2.49. The maximum atomic E-state index is 12.5. The monoisotopic (exact) mass is 334 g/mol. The minimum atomic E-state index is -0.877. The van der Waals surface area contributed by atoms with E-state index < -0.39 is 34.6 Å². The van der Waals surface area contributed by atoms with Gasteiger partial charge in [0.05, 0.1) is 24.7 Å². The number of ketones is 2. The van der Waals surface area contributed by atoms with Crippen LogP contribution in [-0.2, 0) is 19.1 Å². The Morgan fingerprint density at radius 1 is 1.38 bits per heavy atom. The molecule has 1 spiro atoms. The number of hydrogen-bond acceptors (Lipinski definition) is 5. The van der Waals surface area contributed by atoms with E-state index in [-0.39, 0.29) is 17.7 Å². The highest BCUT2D eigenvalue weighted by molar-refractivity contribution is 5.82. The fraction of sp³-hybridized carbons (Fsp3) is 0.789. The zero-order chi connectivity index (χ0) is 17.5. The number of rotatable bonds is 3. The Balaban J connectivity index is 1.95. The summed E-state index contributed by atoms with van der Waals surface area (Å²) in [5.74, 6) is -0.502. The lowest BCUT2D eigenvalue weighted by Gasteiger charge is -2.59. The van der Waals surface area contributed by atoms with Gasteiger partial charge in [0.1, 0.15) is 23.3 Å². The number of aliphatic hydroxyl groups excluding tert-OH is 1. The number of epoxide rings is 1. The molecule has 0 aromatic rings. The van der Waals surface area contributed by atoms with Crippen molar-refractivity contribution in [2.45, 2.75) is 70.9 Å². The first kappa shape index (κ1) is 16.4. The van der Waals surface area contributed by atoms with E-state index in [1.165, 1.54) is 12.5 Å². The average Bonchev–Trinajstić information content (AvgIpc) is 3.24. The molecule has 0 radical (unpaired) electrons. The van der Waals surface area contributed by atoms with E-state index in [1.54, 1.807) is 6.92 Å². The smallest absolute Gasteiger partial charge is 0.136 e. The van der Waals surface area contributed by atoms with E-state index >= 15 is 0 Å². The topological polar surface area (TPSA) is 76.1 Å². The molecule has 4 aliphatic rings. The van der Waals surface area contributed by atoms with Crippen LogP contribution in [0.4, 0.5) is 0 Å². The van der Waals surface area contributed by atoms with Crippen LogP contribution in [0.5, 0.6) is 0 Å². The van der Waals surface area contributed by atoms with Gasteiger partial charge in [0.15, 0.2) is 0 Å². The molecule has 1 unspecified atom stereocenters. The van der Waals surface area contributed by atoms with Gasteiger partial charge in [0.25, 0.3) is 0 Å². The Bertz CT molecular complexity index is 648. The van der Waals surface area contributed by atoms with Gasteiger partial charge in [-0.2, -0.15) is 0 Å². The Morgan fingerprint density at radius 2 is 2.04 bits per heavy atom. The van der Waals surface area contributed by atoms with Crippen LogP contribution < -0.4 is 0 Å². The molecule has 2 heterocycles. The molecule has 0 aromatic heterocycles. The molecule has 4 rings (SSSR count). The van der Waals surface area contributed by atoms with Crippen molar-refractivity contribution in [2.24, 2.45) is 16.7 Å². The van der Waals surface area contributed by atoms with E-state index in [9.17, 15) is 14.7 Å². The van der Waals surface area contributed by atoms with E-state index in [1.807, 2.05) is 0 Å². The van der Waals surface area contributed by atoms with Crippen LogP contribution >= 0.6 is 0 Å². The standard InChI is InChI=1S/C19H26O5/c1-10-5-6-18(8-11(2)20)13(7-10)24-16-15(22)14(12(3)21)17(18,4)19(16)9-23-19/h7,13-16,22H,5-6,8-9H2,1-4H3/t13-,14?,15-,16-,17-,18-,19+/m1/s1. The molecule has 3 fully saturated rings. The van der Waals surface area contributed by atoms with Crippen molar-refractivity contribution in [1.29, 1.82) is 0 Å². The van der Waals surface area contributed by atoms with Crippen molar-refractivity contribution < 1.29 is 24.2 Å². The fourth-order valence-electron chi connectivity index (χ4n) is 6.22. The van der Waals surface area contributed by atoms with Crippen LogP contribution in [-0.4, -0.2) is 47.2 Å². The lowest BCUT2D eigenvalue weighted by atomic mass is 9.47. The molecule has 0 aromatic carbocycles. The summed E-state index contributed by atoms with van der Waals surface area (Å²) in [6, 6.07) is 0. The van der Waals surface area contributed by atoms with Crippen molar-refractivity contribution in [3.05, 3.63) is 11.6 Å². The normalized spacial score (nSPS) is 52.0. The quantitative estimate of drug-likeness (QED) is 0.629. The molecule has 2 aliphatic heterocycles. The summed E-state index contributed by atoms with van der Waals surface area (Å²) in [7, 11) is 0. The fourth-order valence-corrected chi connectivity index (χ4v) is 6.22. The van der Waals surface area contributed by atoms with Crippen molar-refractivity contribution in [3.8, 4) is 0 Å². The van der Waals surface area contributed by atoms with Gasteiger partial charge in [-0.3, -0.25) is 4.79 Å². The molecule has 5 heteroatoms. The summed E-state index contributed by atoms with van der Waals surface area (Å²) >= 11 is 0. The highest BCUT2D eigenvalue weighted by Gasteiger charge is 2.84. The number of fused-ring (bicyclic) bond motifs is 2. The third-order valence-corrected chi connectivity index (χ3v) is 7.34. The van der Waals surface area contributed by atoms with Crippen molar-refractivity contribution in [2.75, 3.05) is 6.61 Å². The molecule has 132 valence electrons. The maximum absolute atomic E-state index is 12.5. The predicted octanol–water partition coefficient (Wildman–Crippen LogP) is 1.81. The van der Waals surface area contributed by atoms with Crippen molar-refractivity contribution in [3.63, 3.8) is 0 Å². The van der Waals surface area contributed by atoms with Crippen LogP contribution in [0.2, 0.25) is 0 Å². The number of allylic oxidation sites excluding steroid dienone is 1. The Morgan fingerprint density at radius 3 is 2.58 bits per heavy atom. The molecule has 2 aliphatic carbocycles. The number of hydrogen-bond donors (Lipinski definition) is 1. The zero-order valence-corrected chi connectivity index (χ0v) is 14.8. The molecule has 7 atom stereocenters. The van der Waals surface area contributed by atoms with Gasteiger partial charge in [-0.1, -0.05) is 18.6 Å². The summed E-state index contributed by atoms with van der Waals surface area (Å²) < 4.78 is 12.2. The largest absolute Gasteiger partial charge is 0.390 e. The van der Waals surface area contributed by atoms with Gasteiger partial charge >= 0.3 is 0 Å². The second-order valence-electron chi connectivity index (χ2n) is 8.48. The second kappa shape index (κ2) is 4.77. The highest BCUT2D eigenvalue weighted by Crippen LogP contribution is 2.74. The Kier molecular flexibility index (Phi) is 3.27. The molecule has 5 nitrogen and oxygen atoms in total. The van der Waals surface area contributed by atoms with Gasteiger partial charge in [0.2, 0.25) is 0 Å². The molecular formula is C19H26O5. The second-order valence-corrected chi connectivity index (χ2v) is 8.48. The van der Waals surface area contributed by atoms with Gasteiger partial charge in [-0.15, -0.1) is 0 Å². The Labute approximate surface area is 142 Å². The molecule has 2 saturated heterocycles. The number of aliphatic hydroxyl groups is 1. The number of carbonyl (C=O) groups excluding carboxylic acids is 2. The first-order valence-electron chi connectivity index (χ1n) is 8.84. The van der Waals surface area contributed by atoms with Crippen LogP contribution in [0, 0.1) is 16.7 Å². The lowest BCUT2D eigenvalue weighted by molar-refractivity contribution is -0.211. The summed E-state index contributed by atoms with van der Waals surface area (Å²) in [5, 5.41) is 10.9. The summed E-state index contributed by atoms with van der Waals surface area (Å²) in [6.45, 7) is 7.76. The van der Waals surface area contributed by atoms with Gasteiger partial charge in [0, 0.05) is 17.3 Å². The van der Waals surface area contributed by atoms with Crippen LogP contribution in [0.25, 0.3) is 0 Å². The molecule has 24 heavy (non-hydrogen) atoms. The lowest BCUT2D eigenvalue weighted by Crippen LogP contribution is -2.64. The van der Waals surface area contributed by atoms with Gasteiger partial charge in [-0.25, -0.2) is 0 Å². The minimum Gasteiger partial charge on any atom is -0.390 e. The van der Waals surface area contributed by atoms with Crippen molar-refractivity contribution in [1.82, 2.24) is 0 Å². The van der Waals surface area contributed by atoms with Crippen LogP contribution in [0.1, 0.15) is 47.0 Å². The minimum absolute atomic E-state index is 0.0409. The van der Waals surface area contributed by atoms with E-state index in [4.69, 9.17) is 9.47 Å².